The first-order valence-corrected chi connectivity index (χ1v) is 11.2. The fraction of sp³-hybridized carbons (Fsp3) is 0.381. The highest BCUT2D eigenvalue weighted by molar-refractivity contribution is 7.89. The van der Waals surface area contributed by atoms with E-state index in [-0.39, 0.29) is 17.8 Å². The zero-order valence-electron chi connectivity index (χ0n) is 16.2. The van der Waals surface area contributed by atoms with Gasteiger partial charge in [-0.25, -0.2) is 8.42 Å². The van der Waals surface area contributed by atoms with Crippen molar-refractivity contribution in [2.24, 2.45) is 5.92 Å². The zero-order valence-corrected chi connectivity index (χ0v) is 17.0. The second kappa shape index (κ2) is 6.97. The van der Waals surface area contributed by atoms with Gasteiger partial charge in [-0.2, -0.15) is 4.72 Å². The number of hydrogen-bond donors (Lipinski definition) is 2. The number of aliphatic carboxylic acids is 1. The van der Waals surface area contributed by atoms with E-state index >= 15 is 0 Å². The van der Waals surface area contributed by atoms with Crippen molar-refractivity contribution in [3.05, 3.63) is 53.1 Å². The predicted molar refractivity (Wildman–Crippen MR) is 105 cm³/mol. The Morgan fingerprint density at radius 1 is 1.17 bits per heavy atom. The summed E-state index contributed by atoms with van der Waals surface area (Å²) >= 11 is 0. The van der Waals surface area contributed by atoms with Gasteiger partial charge in [-0.15, -0.1) is 0 Å². The van der Waals surface area contributed by atoms with E-state index in [2.05, 4.69) is 4.72 Å². The second-order valence-corrected chi connectivity index (χ2v) is 9.65. The molecule has 5 rings (SSSR count). The van der Waals surface area contributed by atoms with Crippen LogP contribution in [0, 0.1) is 12.8 Å². The summed E-state index contributed by atoms with van der Waals surface area (Å²) in [4.78, 5) is 12.1. The van der Waals surface area contributed by atoms with Gasteiger partial charge in [-0.05, 0) is 55.2 Å². The molecule has 30 heavy (non-hydrogen) atoms. The average molecular weight is 431 g/mol. The fourth-order valence-corrected chi connectivity index (χ4v) is 5.74. The van der Waals surface area contributed by atoms with Gasteiger partial charge in [-0.3, -0.25) is 4.79 Å². The highest BCUT2D eigenvalue weighted by Gasteiger charge is 2.48. The lowest BCUT2D eigenvalue weighted by atomic mass is 9.88. The summed E-state index contributed by atoms with van der Waals surface area (Å²) in [7, 11) is -4.01. The number of hydrogen-bond acceptors (Lipinski definition) is 6. The molecule has 2 N–H and O–H groups in total. The van der Waals surface area contributed by atoms with Gasteiger partial charge >= 0.3 is 5.97 Å². The molecular weight excluding hydrogens is 410 g/mol. The first kappa shape index (κ1) is 19.3. The molecule has 8 nitrogen and oxygen atoms in total. The van der Waals surface area contributed by atoms with Gasteiger partial charge in [0.2, 0.25) is 16.8 Å². The zero-order chi connectivity index (χ0) is 21.0. The molecule has 4 unspecified atom stereocenters. The van der Waals surface area contributed by atoms with Crippen LogP contribution >= 0.6 is 0 Å². The topological polar surface area (TPSA) is 111 Å². The molecule has 0 aliphatic carbocycles. The Hall–Kier alpha value is -2.62. The molecule has 1 saturated heterocycles. The summed E-state index contributed by atoms with van der Waals surface area (Å²) in [6, 6.07) is 8.71. The molecule has 3 aliphatic heterocycles. The first-order chi connectivity index (χ1) is 14.3. The molecule has 0 saturated carbocycles. The normalized spacial score (nSPS) is 25.0. The van der Waals surface area contributed by atoms with Crippen LogP contribution < -0.4 is 14.2 Å². The van der Waals surface area contributed by atoms with E-state index in [1.54, 1.807) is 12.1 Å². The number of ether oxygens (including phenoxy) is 3. The number of sulfonamides is 1. The lowest BCUT2D eigenvalue weighted by Crippen LogP contribution is -2.46. The maximum atomic E-state index is 12.9. The van der Waals surface area contributed by atoms with E-state index in [0.717, 1.165) is 16.7 Å². The molecule has 1 fully saturated rings. The molecule has 3 heterocycles. The SMILES string of the molecule is Cc1ccc(S(=O)(=O)NC(C(=O)O)C2CC3Cc4cc5c(cc4C2O3)OCO5)cc1. The Labute approximate surface area is 173 Å². The van der Waals surface area contributed by atoms with E-state index in [0.29, 0.717) is 24.3 Å². The molecule has 3 aliphatic rings. The smallest absolute Gasteiger partial charge is 0.322 e. The van der Waals surface area contributed by atoms with E-state index in [4.69, 9.17) is 14.2 Å². The van der Waals surface area contributed by atoms with Gasteiger partial charge in [0.05, 0.1) is 17.1 Å². The van der Waals surface area contributed by atoms with Crippen molar-refractivity contribution in [1.29, 1.82) is 0 Å². The summed E-state index contributed by atoms with van der Waals surface area (Å²) in [5.41, 5.74) is 2.77. The maximum Gasteiger partial charge on any atom is 0.322 e. The highest BCUT2D eigenvalue weighted by Crippen LogP contribution is 2.50. The molecule has 158 valence electrons. The van der Waals surface area contributed by atoms with Gasteiger partial charge in [0.25, 0.3) is 0 Å². The largest absolute Gasteiger partial charge is 0.480 e. The highest BCUT2D eigenvalue weighted by atomic mass is 32.2. The third-order valence-corrected chi connectivity index (χ3v) is 7.42. The summed E-state index contributed by atoms with van der Waals surface area (Å²) in [6.07, 6.45) is 0.364. The van der Waals surface area contributed by atoms with Crippen LogP contribution in [0.2, 0.25) is 0 Å². The van der Waals surface area contributed by atoms with Crippen molar-refractivity contribution in [1.82, 2.24) is 4.72 Å². The number of carbonyl (C=O) groups is 1. The van der Waals surface area contributed by atoms with Crippen molar-refractivity contribution in [2.75, 3.05) is 6.79 Å². The standard InChI is InChI=1S/C21H21NO7S/c1-11-2-4-14(5-3-11)30(25,26)22-19(21(23)24)16-8-13-6-12-7-17-18(28-10-27-17)9-15(12)20(16)29-13/h2-5,7,9,13,16,19-20,22H,6,8,10H2,1H3,(H,23,24). The minimum atomic E-state index is -4.01. The van der Waals surface area contributed by atoms with Crippen LogP contribution in [0.4, 0.5) is 0 Å². The van der Waals surface area contributed by atoms with Gasteiger partial charge in [0, 0.05) is 5.92 Å². The number of carboxylic acids is 1. The van der Waals surface area contributed by atoms with E-state index < -0.39 is 34.1 Å². The molecular formula is C21H21NO7S. The number of aryl methyl sites for hydroxylation is 1. The maximum absolute atomic E-state index is 12.9. The molecule has 4 atom stereocenters. The van der Waals surface area contributed by atoms with Crippen molar-refractivity contribution in [2.45, 2.75) is 42.9 Å². The summed E-state index contributed by atoms with van der Waals surface area (Å²) < 4.78 is 45.1. The molecule has 9 heteroatoms. The Bertz CT molecular complexity index is 1110. The second-order valence-electron chi connectivity index (χ2n) is 7.94. The molecule has 0 radical (unpaired) electrons. The Morgan fingerprint density at radius 3 is 2.57 bits per heavy atom. The van der Waals surface area contributed by atoms with Crippen LogP contribution in [0.3, 0.4) is 0 Å². The lowest BCUT2D eigenvalue weighted by molar-refractivity contribution is -0.141. The van der Waals surface area contributed by atoms with E-state index in [1.165, 1.54) is 12.1 Å². The van der Waals surface area contributed by atoms with Gasteiger partial charge in [-0.1, -0.05) is 17.7 Å². The monoisotopic (exact) mass is 431 g/mol. The lowest BCUT2D eigenvalue weighted by Gasteiger charge is -2.28. The van der Waals surface area contributed by atoms with Crippen molar-refractivity contribution >= 4 is 16.0 Å². The third-order valence-electron chi connectivity index (χ3n) is 5.96. The van der Waals surface area contributed by atoms with Crippen LogP contribution in [-0.2, 0) is 26.0 Å². The van der Waals surface area contributed by atoms with Gasteiger partial charge in [0.1, 0.15) is 6.04 Å². The molecule has 2 aromatic carbocycles. The third kappa shape index (κ3) is 3.23. The van der Waals surface area contributed by atoms with Crippen molar-refractivity contribution in [3.63, 3.8) is 0 Å². The summed E-state index contributed by atoms with van der Waals surface area (Å²) in [5.74, 6) is -0.515. The van der Waals surface area contributed by atoms with E-state index in [1.807, 2.05) is 19.1 Å². The van der Waals surface area contributed by atoms with E-state index in [9.17, 15) is 18.3 Å². The van der Waals surface area contributed by atoms with Gasteiger partial charge < -0.3 is 19.3 Å². The minimum absolute atomic E-state index is 0.0324. The molecule has 0 aromatic heterocycles. The molecule has 0 amide bonds. The Morgan fingerprint density at radius 2 is 1.87 bits per heavy atom. The first-order valence-electron chi connectivity index (χ1n) is 9.71. The summed E-state index contributed by atoms with van der Waals surface area (Å²) in [5, 5.41) is 9.88. The van der Waals surface area contributed by atoms with Crippen LogP contribution in [0.15, 0.2) is 41.3 Å². The number of nitrogens with one attached hydrogen (secondary N) is 1. The molecule has 2 aromatic rings. The number of fused-ring (bicyclic) bond motifs is 5. The van der Waals surface area contributed by atoms with Crippen LogP contribution in [0.25, 0.3) is 0 Å². The van der Waals surface area contributed by atoms with Crippen LogP contribution in [0.1, 0.15) is 29.2 Å². The van der Waals surface area contributed by atoms with Crippen LogP contribution in [-0.4, -0.2) is 38.4 Å². The Balaban J connectivity index is 1.47. The van der Waals surface area contributed by atoms with Gasteiger partial charge in [0.15, 0.2) is 11.5 Å². The number of carboxylic acid groups (broad SMARTS) is 1. The quantitative estimate of drug-likeness (QED) is 0.746. The molecule has 0 spiro atoms. The predicted octanol–water partition coefficient (Wildman–Crippen LogP) is 2.16. The summed E-state index contributed by atoms with van der Waals surface area (Å²) in [6.45, 7) is 1.99. The molecule has 2 bridgehead atoms. The number of rotatable bonds is 5. The van der Waals surface area contributed by atoms with Crippen molar-refractivity contribution < 1.29 is 32.5 Å². The number of benzene rings is 2. The fourth-order valence-electron chi connectivity index (χ4n) is 4.50. The van der Waals surface area contributed by atoms with Crippen molar-refractivity contribution in [3.8, 4) is 11.5 Å². The minimum Gasteiger partial charge on any atom is -0.480 e. The average Bonchev–Trinajstić information content (AvgIpc) is 3.29. The van der Waals surface area contributed by atoms with Crippen LogP contribution in [0.5, 0.6) is 11.5 Å². The Kier molecular flexibility index (Phi) is 4.49.